The number of amides is 2. The molecule has 0 saturated carbocycles. The highest BCUT2D eigenvalue weighted by Crippen LogP contribution is 2.25. The second kappa shape index (κ2) is 7.18. The highest BCUT2D eigenvalue weighted by molar-refractivity contribution is 6.06. The van der Waals surface area contributed by atoms with Gasteiger partial charge in [-0.3, -0.25) is 14.9 Å². The molecule has 1 aliphatic heterocycles. The highest BCUT2D eigenvalue weighted by Gasteiger charge is 2.19. The van der Waals surface area contributed by atoms with E-state index in [4.69, 9.17) is 0 Å². The van der Waals surface area contributed by atoms with Crippen molar-refractivity contribution < 1.29 is 9.59 Å². The summed E-state index contributed by atoms with van der Waals surface area (Å²) in [5, 5.41) is 6.75. The van der Waals surface area contributed by atoms with E-state index >= 15 is 0 Å². The molecule has 2 aromatic heterocycles. The molecule has 0 aliphatic carbocycles. The summed E-state index contributed by atoms with van der Waals surface area (Å²) in [6.45, 7) is 1.40. The molecule has 0 atom stereocenters. The van der Waals surface area contributed by atoms with Gasteiger partial charge in [-0.1, -0.05) is 36.4 Å². The summed E-state index contributed by atoms with van der Waals surface area (Å²) in [5.41, 5.74) is 4.00. The normalized spacial score (nSPS) is 13.6. The molecule has 0 fully saturated rings. The Balaban J connectivity index is 1.45. The van der Waals surface area contributed by atoms with Crippen LogP contribution in [-0.2, 0) is 13.6 Å². The molecule has 7 heteroatoms. The maximum absolute atomic E-state index is 12.9. The third-order valence-corrected chi connectivity index (χ3v) is 5.53. The van der Waals surface area contributed by atoms with Crippen LogP contribution in [0.25, 0.3) is 22.2 Å². The monoisotopic (exact) mass is 399 g/mol. The fraction of sp³-hybridized carbons (Fsp3) is 0.174. The first kappa shape index (κ1) is 18.2. The number of rotatable bonds is 3. The lowest BCUT2D eigenvalue weighted by molar-refractivity contribution is 0.0950. The van der Waals surface area contributed by atoms with Crippen molar-refractivity contribution in [2.24, 2.45) is 7.05 Å². The van der Waals surface area contributed by atoms with Gasteiger partial charge >= 0.3 is 0 Å². The number of carbonyl (C=O) groups excluding carboxylic acids is 2. The van der Waals surface area contributed by atoms with E-state index in [1.54, 1.807) is 12.3 Å². The average Bonchev–Trinajstić information content (AvgIpc) is 3.25. The summed E-state index contributed by atoms with van der Waals surface area (Å²) in [6.07, 6.45) is 2.61. The number of imidazole rings is 1. The number of hydrogen-bond acceptors (Lipinski definition) is 3. The van der Waals surface area contributed by atoms with Crippen molar-refractivity contribution in [3.8, 4) is 11.3 Å². The van der Waals surface area contributed by atoms with Crippen LogP contribution in [-0.4, -0.2) is 32.5 Å². The fourth-order valence-corrected chi connectivity index (χ4v) is 3.93. The van der Waals surface area contributed by atoms with Gasteiger partial charge in [-0.2, -0.15) is 0 Å². The van der Waals surface area contributed by atoms with Crippen molar-refractivity contribution in [3.63, 3.8) is 0 Å². The predicted molar refractivity (Wildman–Crippen MR) is 115 cm³/mol. The predicted octanol–water partition coefficient (Wildman–Crippen LogP) is 3.43. The van der Waals surface area contributed by atoms with E-state index in [0.29, 0.717) is 23.8 Å². The summed E-state index contributed by atoms with van der Waals surface area (Å²) < 4.78 is 3.85. The molecule has 7 nitrogen and oxygen atoms in total. The quantitative estimate of drug-likeness (QED) is 0.554. The first-order valence-corrected chi connectivity index (χ1v) is 9.92. The van der Waals surface area contributed by atoms with Crippen molar-refractivity contribution in [2.75, 3.05) is 11.9 Å². The molecule has 3 heterocycles. The molecule has 150 valence electrons. The Bertz CT molecular complexity index is 1270. The van der Waals surface area contributed by atoms with E-state index in [9.17, 15) is 9.59 Å². The molecule has 1 aliphatic rings. The fourth-order valence-electron chi connectivity index (χ4n) is 3.93. The van der Waals surface area contributed by atoms with Crippen molar-refractivity contribution >= 4 is 28.7 Å². The number of nitrogens with one attached hydrogen (secondary N) is 2. The molecule has 4 aromatic rings. The molecule has 0 saturated heterocycles. The van der Waals surface area contributed by atoms with Crippen molar-refractivity contribution in [1.29, 1.82) is 0 Å². The van der Waals surface area contributed by atoms with Crippen molar-refractivity contribution in [2.45, 2.75) is 13.0 Å². The molecule has 2 amide bonds. The maximum Gasteiger partial charge on any atom is 0.267 e. The molecule has 0 spiro atoms. The number of aryl methyl sites for hydroxylation is 1. The van der Waals surface area contributed by atoms with Crippen LogP contribution < -0.4 is 10.6 Å². The molecule has 30 heavy (non-hydrogen) atoms. The van der Waals surface area contributed by atoms with Crippen LogP contribution >= 0.6 is 0 Å². The summed E-state index contributed by atoms with van der Waals surface area (Å²) >= 11 is 0. The van der Waals surface area contributed by atoms with Gasteiger partial charge < -0.3 is 14.5 Å². The SMILES string of the molecule is Cn1c(-c2ccccc2)cnc1NC(=O)c1ccc2cc3n(c2c1)CCCNC3=O. The van der Waals surface area contributed by atoms with E-state index in [-0.39, 0.29) is 11.8 Å². The van der Waals surface area contributed by atoms with Crippen LogP contribution in [0.1, 0.15) is 27.3 Å². The van der Waals surface area contributed by atoms with Gasteiger partial charge in [0.05, 0.1) is 11.9 Å². The topological polar surface area (TPSA) is 81.0 Å². The number of benzene rings is 2. The summed E-state index contributed by atoms with van der Waals surface area (Å²) in [4.78, 5) is 29.6. The van der Waals surface area contributed by atoms with Gasteiger partial charge in [-0.25, -0.2) is 4.98 Å². The molecule has 0 unspecified atom stereocenters. The van der Waals surface area contributed by atoms with Gasteiger partial charge in [0, 0.05) is 36.6 Å². The number of fused-ring (bicyclic) bond motifs is 3. The average molecular weight is 399 g/mol. The van der Waals surface area contributed by atoms with E-state index in [1.165, 1.54) is 0 Å². The van der Waals surface area contributed by atoms with Gasteiger partial charge in [-0.05, 0) is 30.2 Å². The number of nitrogens with zero attached hydrogens (tertiary/aromatic N) is 3. The molecule has 0 radical (unpaired) electrons. The van der Waals surface area contributed by atoms with E-state index in [2.05, 4.69) is 15.6 Å². The zero-order chi connectivity index (χ0) is 20.7. The second-order valence-corrected chi connectivity index (χ2v) is 7.41. The number of carbonyl (C=O) groups is 2. The van der Waals surface area contributed by atoms with Gasteiger partial charge in [0.1, 0.15) is 5.69 Å². The van der Waals surface area contributed by atoms with E-state index in [1.807, 2.05) is 64.7 Å². The minimum atomic E-state index is -0.237. The van der Waals surface area contributed by atoms with Crippen LogP contribution in [0, 0.1) is 0 Å². The van der Waals surface area contributed by atoms with Crippen LogP contribution in [0.5, 0.6) is 0 Å². The number of anilines is 1. The van der Waals surface area contributed by atoms with E-state index in [0.717, 1.165) is 35.1 Å². The second-order valence-electron chi connectivity index (χ2n) is 7.41. The van der Waals surface area contributed by atoms with E-state index < -0.39 is 0 Å². The van der Waals surface area contributed by atoms with Crippen LogP contribution in [0.4, 0.5) is 5.95 Å². The summed E-state index contributed by atoms with van der Waals surface area (Å²) in [5.74, 6) is 0.169. The number of hydrogen-bond donors (Lipinski definition) is 2. The molecule has 2 N–H and O–H groups in total. The Morgan fingerprint density at radius 2 is 1.93 bits per heavy atom. The lowest BCUT2D eigenvalue weighted by atomic mass is 10.1. The molecule has 5 rings (SSSR count). The first-order valence-electron chi connectivity index (χ1n) is 9.92. The maximum atomic E-state index is 12.9. The Labute approximate surface area is 173 Å². The van der Waals surface area contributed by atoms with Gasteiger partial charge in [0.15, 0.2) is 0 Å². The van der Waals surface area contributed by atoms with Gasteiger partial charge in [-0.15, -0.1) is 0 Å². The number of aromatic nitrogens is 3. The summed E-state index contributed by atoms with van der Waals surface area (Å²) in [7, 11) is 1.87. The smallest absolute Gasteiger partial charge is 0.267 e. The third-order valence-electron chi connectivity index (χ3n) is 5.53. The zero-order valence-electron chi connectivity index (χ0n) is 16.6. The van der Waals surface area contributed by atoms with Crippen LogP contribution in [0.3, 0.4) is 0 Å². The molecule has 0 bridgehead atoms. The Hall–Kier alpha value is -3.87. The Morgan fingerprint density at radius 3 is 2.77 bits per heavy atom. The molecular formula is C23H21N5O2. The summed E-state index contributed by atoms with van der Waals surface area (Å²) in [6, 6.07) is 17.3. The minimum Gasteiger partial charge on any atom is -0.351 e. The van der Waals surface area contributed by atoms with Gasteiger partial charge in [0.25, 0.3) is 11.8 Å². The third kappa shape index (κ3) is 3.04. The zero-order valence-corrected chi connectivity index (χ0v) is 16.6. The standard InChI is InChI=1S/C23H21N5O2/c1-27-20(15-6-3-2-4-7-15)14-25-23(27)26-21(29)17-9-8-16-12-19-22(30)24-10-5-11-28(19)18(16)13-17/h2-4,6-9,12-14H,5,10-11H2,1H3,(H,24,30)(H,25,26,29). The van der Waals surface area contributed by atoms with Crippen LogP contribution in [0.15, 0.2) is 60.8 Å². The lowest BCUT2D eigenvalue weighted by Gasteiger charge is -2.09. The highest BCUT2D eigenvalue weighted by atomic mass is 16.2. The van der Waals surface area contributed by atoms with Crippen molar-refractivity contribution in [1.82, 2.24) is 19.4 Å². The van der Waals surface area contributed by atoms with Gasteiger partial charge in [0.2, 0.25) is 5.95 Å². The Morgan fingerprint density at radius 1 is 1.10 bits per heavy atom. The largest absolute Gasteiger partial charge is 0.351 e. The first-order chi connectivity index (χ1) is 14.6. The Kier molecular flexibility index (Phi) is 4.35. The lowest BCUT2D eigenvalue weighted by Crippen LogP contribution is -2.22. The van der Waals surface area contributed by atoms with Crippen LogP contribution in [0.2, 0.25) is 0 Å². The van der Waals surface area contributed by atoms with Crippen molar-refractivity contribution in [3.05, 3.63) is 72.1 Å². The molecule has 2 aromatic carbocycles. The minimum absolute atomic E-state index is 0.0730. The molecular weight excluding hydrogens is 378 g/mol.